The fourth-order valence-corrected chi connectivity index (χ4v) is 1.44. The van der Waals surface area contributed by atoms with Gasteiger partial charge >= 0.3 is 0 Å². The molecule has 0 atom stereocenters. The zero-order valence-corrected chi connectivity index (χ0v) is 9.39. The van der Waals surface area contributed by atoms with Gasteiger partial charge in [0.05, 0.1) is 5.65 Å². The van der Waals surface area contributed by atoms with Crippen molar-refractivity contribution in [2.24, 2.45) is 0 Å². The minimum absolute atomic E-state index is 0. The first-order chi connectivity index (χ1) is 6.45. The van der Waals surface area contributed by atoms with Gasteiger partial charge in [-0.05, 0) is 0 Å². The summed E-state index contributed by atoms with van der Waals surface area (Å²) in [5.41, 5.74) is 0.859. The van der Waals surface area contributed by atoms with Crippen LogP contribution in [0.15, 0.2) is 36.8 Å². The van der Waals surface area contributed by atoms with Gasteiger partial charge in [0, 0.05) is 39.7 Å². The maximum Gasteiger partial charge on any atom is 0.0779 e. The molecule has 0 unspecified atom stereocenters. The minimum Gasteiger partial charge on any atom is -0.284 e. The molecule has 3 aromatic rings. The summed E-state index contributed by atoms with van der Waals surface area (Å²) in [5.74, 6) is 0. The molecule has 72 valence electrons. The maximum absolute atomic E-state index is 4.22. The van der Waals surface area contributed by atoms with E-state index in [0.717, 1.165) is 16.4 Å². The minimum atomic E-state index is 0. The predicted octanol–water partition coefficient (Wildman–Crippen LogP) is 1.68. The molecule has 0 bridgehead atoms. The Kier molecular flexibility index (Phi) is 2.34. The van der Waals surface area contributed by atoms with Gasteiger partial charge in [0.2, 0.25) is 0 Å². The van der Waals surface area contributed by atoms with E-state index in [2.05, 4.69) is 16.1 Å². The summed E-state index contributed by atoms with van der Waals surface area (Å²) in [5, 5.41) is 6.29. The van der Waals surface area contributed by atoms with Gasteiger partial charge in [-0.15, -0.1) is 24.3 Å². The largest absolute Gasteiger partial charge is 0.284 e. The van der Waals surface area contributed by atoms with Crippen molar-refractivity contribution in [3.05, 3.63) is 42.9 Å². The number of aromatic nitrogens is 3. The van der Waals surface area contributed by atoms with E-state index in [1.807, 2.05) is 30.6 Å². The number of rotatable bonds is 0. The molecular formula is C10H6N3Pt-. The van der Waals surface area contributed by atoms with Crippen LogP contribution in [0.4, 0.5) is 0 Å². The molecule has 0 saturated heterocycles. The SMILES string of the molecule is [Pt].[c-]1cccc2cnn3ccnc3c12. The van der Waals surface area contributed by atoms with E-state index in [0.29, 0.717) is 0 Å². The van der Waals surface area contributed by atoms with Crippen molar-refractivity contribution in [1.29, 1.82) is 0 Å². The third-order valence-electron chi connectivity index (χ3n) is 2.05. The molecular weight excluding hydrogens is 357 g/mol. The van der Waals surface area contributed by atoms with Crippen LogP contribution >= 0.6 is 0 Å². The Morgan fingerprint density at radius 3 is 3.21 bits per heavy atom. The van der Waals surface area contributed by atoms with E-state index < -0.39 is 0 Å². The Balaban J connectivity index is 0.000000750. The van der Waals surface area contributed by atoms with Crippen molar-refractivity contribution < 1.29 is 21.1 Å². The smallest absolute Gasteiger partial charge is 0.0779 e. The molecule has 3 rings (SSSR count). The van der Waals surface area contributed by atoms with Gasteiger partial charge in [-0.1, -0.05) is 10.8 Å². The van der Waals surface area contributed by atoms with Crippen LogP contribution in [0.1, 0.15) is 0 Å². The van der Waals surface area contributed by atoms with Crippen LogP contribution in [0, 0.1) is 6.07 Å². The predicted molar refractivity (Wildman–Crippen MR) is 49.3 cm³/mol. The molecule has 0 amide bonds. The standard InChI is InChI=1S/C10H6N3.Pt/c1-2-4-9-8(3-1)7-12-13-6-5-11-10(9)13;/h1-3,5-7H;/q-1;. The van der Waals surface area contributed by atoms with Crippen LogP contribution in [0.5, 0.6) is 0 Å². The second kappa shape index (κ2) is 3.50. The van der Waals surface area contributed by atoms with Crippen molar-refractivity contribution in [1.82, 2.24) is 14.6 Å². The van der Waals surface area contributed by atoms with Gasteiger partial charge in [-0.2, -0.15) is 5.10 Å². The third kappa shape index (κ3) is 1.25. The summed E-state index contributed by atoms with van der Waals surface area (Å²) in [6, 6.07) is 9.00. The van der Waals surface area contributed by atoms with Crippen molar-refractivity contribution >= 4 is 16.4 Å². The van der Waals surface area contributed by atoms with Gasteiger partial charge in [0.15, 0.2) is 0 Å². The van der Waals surface area contributed by atoms with Gasteiger partial charge in [0.25, 0.3) is 0 Å². The van der Waals surface area contributed by atoms with Crippen LogP contribution in [-0.2, 0) is 21.1 Å². The Labute approximate surface area is 95.0 Å². The molecule has 0 aliphatic carbocycles. The summed E-state index contributed by atoms with van der Waals surface area (Å²) < 4.78 is 1.75. The summed E-state index contributed by atoms with van der Waals surface area (Å²) in [7, 11) is 0. The number of benzene rings is 1. The molecule has 0 radical (unpaired) electrons. The fraction of sp³-hybridized carbons (Fsp3) is 0. The van der Waals surface area contributed by atoms with Crippen LogP contribution < -0.4 is 0 Å². The molecule has 0 N–H and O–H groups in total. The summed E-state index contributed by atoms with van der Waals surface area (Å²) in [6.45, 7) is 0. The van der Waals surface area contributed by atoms with Crippen LogP contribution in [0.25, 0.3) is 16.4 Å². The second-order valence-electron chi connectivity index (χ2n) is 2.84. The first-order valence-corrected chi connectivity index (χ1v) is 4.04. The number of nitrogens with zero attached hydrogens (tertiary/aromatic N) is 3. The normalized spacial score (nSPS) is 10.3. The van der Waals surface area contributed by atoms with Crippen LogP contribution in [-0.4, -0.2) is 14.6 Å². The third-order valence-corrected chi connectivity index (χ3v) is 2.05. The van der Waals surface area contributed by atoms with E-state index in [-0.39, 0.29) is 21.1 Å². The van der Waals surface area contributed by atoms with E-state index in [9.17, 15) is 0 Å². The van der Waals surface area contributed by atoms with Crippen molar-refractivity contribution in [2.75, 3.05) is 0 Å². The molecule has 0 aliphatic heterocycles. The maximum atomic E-state index is 4.22. The molecule has 2 aromatic heterocycles. The van der Waals surface area contributed by atoms with Crippen LogP contribution in [0.2, 0.25) is 0 Å². The van der Waals surface area contributed by atoms with Gasteiger partial charge in [0.1, 0.15) is 0 Å². The van der Waals surface area contributed by atoms with Crippen molar-refractivity contribution in [2.45, 2.75) is 0 Å². The topological polar surface area (TPSA) is 30.2 Å². The molecule has 4 heteroatoms. The molecule has 0 fully saturated rings. The Morgan fingerprint density at radius 2 is 2.29 bits per heavy atom. The molecule has 2 heterocycles. The van der Waals surface area contributed by atoms with E-state index >= 15 is 0 Å². The van der Waals surface area contributed by atoms with Crippen molar-refractivity contribution in [3.63, 3.8) is 0 Å². The van der Waals surface area contributed by atoms with Crippen LogP contribution in [0.3, 0.4) is 0 Å². The van der Waals surface area contributed by atoms with Gasteiger partial charge in [-0.25, -0.2) is 0 Å². The summed E-state index contributed by atoms with van der Waals surface area (Å²) >= 11 is 0. The molecule has 0 saturated carbocycles. The molecule has 1 aromatic carbocycles. The second-order valence-corrected chi connectivity index (χ2v) is 2.84. The Hall–Kier alpha value is -1.21. The number of hydrogen-bond donors (Lipinski definition) is 0. The number of hydrogen-bond acceptors (Lipinski definition) is 2. The molecule has 0 spiro atoms. The van der Waals surface area contributed by atoms with E-state index in [4.69, 9.17) is 0 Å². The molecule has 14 heavy (non-hydrogen) atoms. The van der Waals surface area contributed by atoms with Crippen molar-refractivity contribution in [3.8, 4) is 0 Å². The molecule has 3 nitrogen and oxygen atoms in total. The van der Waals surface area contributed by atoms with E-state index in [1.165, 1.54) is 0 Å². The first-order valence-electron chi connectivity index (χ1n) is 4.04. The average Bonchev–Trinajstić information content (AvgIpc) is 2.65. The monoisotopic (exact) mass is 363 g/mol. The summed E-state index contributed by atoms with van der Waals surface area (Å²) in [6.07, 6.45) is 5.39. The zero-order valence-electron chi connectivity index (χ0n) is 7.12. The number of fused-ring (bicyclic) bond motifs is 3. The van der Waals surface area contributed by atoms with Gasteiger partial charge in [-0.3, -0.25) is 9.50 Å². The zero-order chi connectivity index (χ0) is 8.67. The fourth-order valence-electron chi connectivity index (χ4n) is 1.44. The Morgan fingerprint density at radius 1 is 1.36 bits per heavy atom. The first kappa shape index (κ1) is 9.35. The summed E-state index contributed by atoms with van der Waals surface area (Å²) in [4.78, 5) is 4.22. The number of imidazole rings is 1. The Bertz CT molecular complexity index is 573. The quantitative estimate of drug-likeness (QED) is 0.569. The van der Waals surface area contributed by atoms with E-state index in [1.54, 1.807) is 10.7 Å². The molecule has 0 aliphatic rings. The van der Waals surface area contributed by atoms with Gasteiger partial charge < -0.3 is 0 Å². The average molecular weight is 363 g/mol.